The molecule has 3 nitrogen and oxygen atoms in total. The van der Waals surface area contributed by atoms with Crippen LogP contribution in [0.1, 0.15) is 15.9 Å². The van der Waals surface area contributed by atoms with Crippen molar-refractivity contribution < 1.29 is 14.6 Å². The molecule has 2 aromatic carbocycles. The second-order valence-corrected chi connectivity index (χ2v) is 6.65. The Bertz CT molecular complexity index is 682. The molecule has 0 aliphatic rings. The number of hydrogen-bond donors (Lipinski definition) is 1. The summed E-state index contributed by atoms with van der Waals surface area (Å²) in [5, 5.41) is 10.1. The number of carboxylic acid groups (broad SMARTS) is 1. The van der Waals surface area contributed by atoms with E-state index < -0.39 is 5.97 Å². The minimum absolute atomic E-state index is 0.155. The van der Waals surface area contributed by atoms with E-state index in [0.29, 0.717) is 24.7 Å². The highest BCUT2D eigenvalue weighted by molar-refractivity contribution is 9.11. The van der Waals surface area contributed by atoms with E-state index in [1.54, 1.807) is 18.2 Å². The second-order valence-electron chi connectivity index (χ2n) is 4.10. The molecule has 0 unspecified atom stereocenters. The van der Waals surface area contributed by atoms with Gasteiger partial charge in [-0.1, -0.05) is 23.2 Å². The quantitative estimate of drug-likeness (QED) is 0.635. The molecule has 0 saturated carbocycles. The maximum Gasteiger partial charge on any atom is 0.335 e. The first kappa shape index (κ1) is 16.6. The van der Waals surface area contributed by atoms with E-state index in [9.17, 15) is 4.79 Å². The molecule has 7 heteroatoms. The molecule has 0 atom stereocenters. The van der Waals surface area contributed by atoms with Gasteiger partial charge in [-0.05, 0) is 62.2 Å². The molecular weight excluding hydrogens is 447 g/mol. The number of rotatable bonds is 4. The van der Waals surface area contributed by atoms with Gasteiger partial charge in [-0.15, -0.1) is 0 Å². The van der Waals surface area contributed by atoms with E-state index in [2.05, 4.69) is 31.9 Å². The summed E-state index contributed by atoms with van der Waals surface area (Å²) < 4.78 is 6.76. The Labute approximate surface area is 148 Å². The number of ether oxygens (including phenoxy) is 1. The zero-order valence-corrected chi connectivity index (χ0v) is 15.1. The van der Waals surface area contributed by atoms with Gasteiger partial charge in [0.2, 0.25) is 0 Å². The zero-order valence-electron chi connectivity index (χ0n) is 10.4. The molecule has 0 aliphatic carbocycles. The van der Waals surface area contributed by atoms with Gasteiger partial charge in [-0.3, -0.25) is 0 Å². The number of aromatic carboxylic acids is 1. The van der Waals surface area contributed by atoms with Gasteiger partial charge in [0, 0.05) is 15.6 Å². The van der Waals surface area contributed by atoms with Crippen molar-refractivity contribution in [1.29, 1.82) is 0 Å². The lowest BCUT2D eigenvalue weighted by molar-refractivity contribution is 0.0696. The highest BCUT2D eigenvalue weighted by Crippen LogP contribution is 2.36. The molecule has 0 heterocycles. The van der Waals surface area contributed by atoms with Gasteiger partial charge in [0.25, 0.3) is 0 Å². The minimum atomic E-state index is -1.01. The molecule has 0 saturated heterocycles. The third kappa shape index (κ3) is 4.13. The van der Waals surface area contributed by atoms with Gasteiger partial charge >= 0.3 is 5.97 Å². The van der Waals surface area contributed by atoms with Crippen LogP contribution in [-0.4, -0.2) is 11.1 Å². The van der Waals surface area contributed by atoms with E-state index in [1.165, 1.54) is 12.1 Å². The summed E-state index contributed by atoms with van der Waals surface area (Å²) in [5.74, 6) is -0.517. The number of hydrogen-bond acceptors (Lipinski definition) is 2. The zero-order chi connectivity index (χ0) is 15.6. The van der Waals surface area contributed by atoms with E-state index in [0.717, 1.165) is 5.56 Å². The minimum Gasteiger partial charge on any atom is -0.486 e. The van der Waals surface area contributed by atoms with Crippen LogP contribution in [0.4, 0.5) is 0 Å². The van der Waals surface area contributed by atoms with Gasteiger partial charge in [-0.2, -0.15) is 0 Å². The fourth-order valence-electron chi connectivity index (χ4n) is 1.63. The van der Waals surface area contributed by atoms with E-state index in [-0.39, 0.29) is 12.2 Å². The molecule has 0 aromatic heterocycles. The molecule has 2 rings (SSSR count). The van der Waals surface area contributed by atoms with Crippen molar-refractivity contribution in [2.45, 2.75) is 6.61 Å². The lowest BCUT2D eigenvalue weighted by Gasteiger charge is -2.12. The van der Waals surface area contributed by atoms with Crippen molar-refractivity contribution in [3.05, 3.63) is 60.4 Å². The van der Waals surface area contributed by atoms with E-state index in [1.807, 2.05) is 0 Å². The number of halogens is 4. The summed E-state index contributed by atoms with van der Waals surface area (Å²) in [7, 11) is 0. The SMILES string of the molecule is O=C(O)c1cc(Br)c(OCc2cc(Cl)ccc2Cl)c(Br)c1. The Morgan fingerprint density at radius 3 is 2.33 bits per heavy atom. The first-order chi connectivity index (χ1) is 9.88. The molecule has 1 N–H and O–H groups in total. The van der Waals surface area contributed by atoms with Crippen LogP contribution >= 0.6 is 55.1 Å². The predicted octanol–water partition coefficient (Wildman–Crippen LogP) is 5.80. The van der Waals surface area contributed by atoms with Crippen LogP contribution in [0.3, 0.4) is 0 Å². The van der Waals surface area contributed by atoms with Gasteiger partial charge in [0.15, 0.2) is 0 Å². The van der Waals surface area contributed by atoms with Crippen molar-refractivity contribution in [1.82, 2.24) is 0 Å². The second kappa shape index (κ2) is 7.01. The largest absolute Gasteiger partial charge is 0.486 e. The monoisotopic (exact) mass is 452 g/mol. The Hall–Kier alpha value is -0.750. The van der Waals surface area contributed by atoms with Crippen LogP contribution in [0.5, 0.6) is 5.75 Å². The van der Waals surface area contributed by atoms with Crippen molar-refractivity contribution in [3.63, 3.8) is 0 Å². The molecule has 110 valence electrons. The van der Waals surface area contributed by atoms with Crippen molar-refractivity contribution in [2.75, 3.05) is 0 Å². The fourth-order valence-corrected chi connectivity index (χ4v) is 3.41. The van der Waals surface area contributed by atoms with Gasteiger partial charge in [-0.25, -0.2) is 4.79 Å². The Morgan fingerprint density at radius 1 is 1.14 bits per heavy atom. The molecule has 0 aliphatic heterocycles. The number of carbonyl (C=O) groups is 1. The average molecular weight is 455 g/mol. The lowest BCUT2D eigenvalue weighted by atomic mass is 10.2. The first-order valence-electron chi connectivity index (χ1n) is 5.67. The summed E-state index contributed by atoms with van der Waals surface area (Å²) in [4.78, 5) is 11.0. The molecule has 0 fully saturated rings. The third-order valence-corrected chi connectivity index (χ3v) is 4.41. The molecule has 0 spiro atoms. The molecule has 2 aromatic rings. The van der Waals surface area contributed by atoms with Crippen LogP contribution in [0.25, 0.3) is 0 Å². The van der Waals surface area contributed by atoms with Crippen molar-refractivity contribution in [2.24, 2.45) is 0 Å². The third-order valence-electron chi connectivity index (χ3n) is 2.63. The average Bonchev–Trinajstić information content (AvgIpc) is 2.41. The molecule has 0 radical (unpaired) electrons. The standard InChI is InChI=1S/C14H8Br2Cl2O3/c15-10-4-7(14(19)20)5-11(16)13(10)21-6-8-3-9(17)1-2-12(8)18/h1-5H,6H2,(H,19,20). The molecule has 0 amide bonds. The van der Waals surface area contributed by atoms with E-state index in [4.69, 9.17) is 33.0 Å². The fraction of sp³-hybridized carbons (Fsp3) is 0.0714. The summed E-state index contributed by atoms with van der Waals surface area (Å²) in [5.41, 5.74) is 0.896. The predicted molar refractivity (Wildman–Crippen MR) is 89.6 cm³/mol. The summed E-state index contributed by atoms with van der Waals surface area (Å²) in [6.07, 6.45) is 0. The smallest absolute Gasteiger partial charge is 0.335 e. The maximum atomic E-state index is 11.0. The molecule has 0 bridgehead atoms. The van der Waals surface area contributed by atoms with Crippen molar-refractivity contribution in [3.8, 4) is 5.75 Å². The summed E-state index contributed by atoms with van der Waals surface area (Å²) >= 11 is 18.6. The lowest BCUT2D eigenvalue weighted by Crippen LogP contribution is -2.01. The van der Waals surface area contributed by atoms with Crippen LogP contribution < -0.4 is 4.74 Å². The maximum absolute atomic E-state index is 11.0. The van der Waals surface area contributed by atoms with Gasteiger partial charge in [0.1, 0.15) is 12.4 Å². The van der Waals surface area contributed by atoms with Crippen LogP contribution in [0.15, 0.2) is 39.3 Å². The molecule has 21 heavy (non-hydrogen) atoms. The van der Waals surface area contributed by atoms with Crippen LogP contribution in [0.2, 0.25) is 10.0 Å². The summed E-state index contributed by atoms with van der Waals surface area (Å²) in [6, 6.07) is 8.06. The van der Waals surface area contributed by atoms with Crippen molar-refractivity contribution >= 4 is 61.0 Å². The highest BCUT2D eigenvalue weighted by Gasteiger charge is 2.13. The highest BCUT2D eigenvalue weighted by atomic mass is 79.9. The number of benzene rings is 2. The van der Waals surface area contributed by atoms with Gasteiger partial charge < -0.3 is 9.84 Å². The molecular formula is C14H8Br2Cl2O3. The Balaban J connectivity index is 2.24. The van der Waals surface area contributed by atoms with Crippen LogP contribution in [0, 0.1) is 0 Å². The van der Waals surface area contributed by atoms with E-state index >= 15 is 0 Å². The number of carboxylic acids is 1. The Kier molecular flexibility index (Phi) is 5.54. The topological polar surface area (TPSA) is 46.5 Å². The summed E-state index contributed by atoms with van der Waals surface area (Å²) in [6.45, 7) is 0.211. The normalized spacial score (nSPS) is 10.5. The van der Waals surface area contributed by atoms with Crippen LogP contribution in [-0.2, 0) is 6.61 Å². The van der Waals surface area contributed by atoms with Gasteiger partial charge in [0.05, 0.1) is 14.5 Å². The first-order valence-corrected chi connectivity index (χ1v) is 8.01. The Morgan fingerprint density at radius 2 is 1.76 bits per heavy atom.